The molecule has 2 aromatic rings. The van der Waals surface area contributed by atoms with Gasteiger partial charge in [-0.15, -0.1) is 0 Å². The maximum atomic E-state index is 4.49. The third-order valence-corrected chi connectivity index (χ3v) is 3.58. The van der Waals surface area contributed by atoms with E-state index in [0.717, 1.165) is 34.8 Å². The van der Waals surface area contributed by atoms with E-state index in [-0.39, 0.29) is 0 Å². The molecule has 1 aliphatic heterocycles. The van der Waals surface area contributed by atoms with E-state index in [1.807, 2.05) is 49.6 Å². The van der Waals surface area contributed by atoms with Gasteiger partial charge in [0, 0.05) is 43.4 Å². The van der Waals surface area contributed by atoms with Gasteiger partial charge in [0.15, 0.2) is 0 Å². The molecule has 0 aliphatic carbocycles. The van der Waals surface area contributed by atoms with Crippen molar-refractivity contribution in [2.75, 3.05) is 17.7 Å². The van der Waals surface area contributed by atoms with Crippen LogP contribution in [0.3, 0.4) is 0 Å². The standard InChI is InChI=1S/C18H18N4/c1-13(22-17-5-3-4-16(11-17)19-2)18-10-15(12-21-18)14-6-8-20-9-7-14/h3-9,11-12,19,22H,1,10H2,2H3. The lowest BCUT2D eigenvalue weighted by atomic mass is 10.0. The minimum atomic E-state index is 0.779. The summed E-state index contributed by atoms with van der Waals surface area (Å²) in [6.07, 6.45) is 6.28. The third kappa shape index (κ3) is 3.06. The number of aromatic nitrogens is 1. The van der Waals surface area contributed by atoms with Crippen LogP contribution in [0.4, 0.5) is 11.4 Å². The normalized spacial score (nSPS) is 13.3. The van der Waals surface area contributed by atoms with E-state index in [1.54, 1.807) is 12.4 Å². The van der Waals surface area contributed by atoms with Crippen LogP contribution in [-0.4, -0.2) is 17.7 Å². The lowest BCUT2D eigenvalue weighted by Crippen LogP contribution is -2.09. The summed E-state index contributed by atoms with van der Waals surface area (Å²) in [6.45, 7) is 4.11. The van der Waals surface area contributed by atoms with Crippen molar-refractivity contribution in [1.82, 2.24) is 4.98 Å². The first-order valence-electron chi connectivity index (χ1n) is 7.16. The Balaban J connectivity index is 1.65. The summed E-state index contributed by atoms with van der Waals surface area (Å²) >= 11 is 0. The monoisotopic (exact) mass is 290 g/mol. The molecule has 1 aliphatic rings. The number of nitrogens with one attached hydrogen (secondary N) is 2. The van der Waals surface area contributed by atoms with Crippen LogP contribution in [0.15, 0.2) is 72.3 Å². The van der Waals surface area contributed by atoms with Gasteiger partial charge in [0.05, 0.1) is 11.4 Å². The Hall–Kier alpha value is -2.88. The molecule has 3 rings (SSSR count). The number of nitrogens with zero attached hydrogens (tertiary/aromatic N) is 2. The molecule has 0 radical (unpaired) electrons. The van der Waals surface area contributed by atoms with Crippen molar-refractivity contribution in [3.8, 4) is 0 Å². The van der Waals surface area contributed by atoms with Crippen molar-refractivity contribution < 1.29 is 0 Å². The molecule has 1 aromatic heterocycles. The molecular weight excluding hydrogens is 272 g/mol. The van der Waals surface area contributed by atoms with E-state index in [9.17, 15) is 0 Å². The topological polar surface area (TPSA) is 49.3 Å². The first kappa shape index (κ1) is 14.1. The summed E-state index contributed by atoms with van der Waals surface area (Å²) in [4.78, 5) is 8.53. The Morgan fingerprint density at radius 3 is 2.68 bits per heavy atom. The van der Waals surface area contributed by atoms with E-state index in [0.29, 0.717) is 0 Å². The van der Waals surface area contributed by atoms with Crippen LogP contribution in [0.5, 0.6) is 0 Å². The molecule has 1 aromatic carbocycles. The summed E-state index contributed by atoms with van der Waals surface area (Å²) in [5.41, 5.74) is 6.18. The number of aliphatic imine (C=N–C) groups is 1. The Morgan fingerprint density at radius 2 is 1.91 bits per heavy atom. The van der Waals surface area contributed by atoms with Gasteiger partial charge in [-0.3, -0.25) is 9.98 Å². The molecule has 4 heteroatoms. The molecule has 110 valence electrons. The summed E-state index contributed by atoms with van der Waals surface area (Å²) in [5, 5.41) is 6.44. The van der Waals surface area contributed by atoms with Crippen LogP contribution in [0.1, 0.15) is 12.0 Å². The largest absolute Gasteiger partial charge is 0.388 e. The SMILES string of the molecule is C=C(Nc1cccc(NC)c1)C1=NC=C(c2ccncc2)C1. The molecule has 0 amide bonds. The molecule has 0 saturated carbocycles. The summed E-state index contributed by atoms with van der Waals surface area (Å²) in [6, 6.07) is 12.1. The van der Waals surface area contributed by atoms with Crippen molar-refractivity contribution in [3.63, 3.8) is 0 Å². The highest BCUT2D eigenvalue weighted by Crippen LogP contribution is 2.26. The van der Waals surface area contributed by atoms with Gasteiger partial charge in [-0.2, -0.15) is 0 Å². The first-order chi connectivity index (χ1) is 10.8. The minimum Gasteiger partial charge on any atom is -0.388 e. The van der Waals surface area contributed by atoms with Crippen LogP contribution < -0.4 is 10.6 Å². The Kier molecular flexibility index (Phi) is 4.01. The molecule has 2 heterocycles. The zero-order chi connectivity index (χ0) is 15.4. The van der Waals surface area contributed by atoms with Gasteiger partial charge in [-0.1, -0.05) is 12.6 Å². The molecule has 22 heavy (non-hydrogen) atoms. The highest BCUT2D eigenvalue weighted by atomic mass is 14.9. The van der Waals surface area contributed by atoms with Crippen molar-refractivity contribution in [1.29, 1.82) is 0 Å². The van der Waals surface area contributed by atoms with Crippen LogP contribution in [0.2, 0.25) is 0 Å². The molecule has 0 bridgehead atoms. The Labute approximate surface area is 130 Å². The second-order valence-electron chi connectivity index (χ2n) is 5.08. The van der Waals surface area contributed by atoms with Gasteiger partial charge in [0.2, 0.25) is 0 Å². The predicted molar refractivity (Wildman–Crippen MR) is 93.0 cm³/mol. The lowest BCUT2D eigenvalue weighted by molar-refractivity contribution is 1.31. The highest BCUT2D eigenvalue weighted by Gasteiger charge is 2.14. The Morgan fingerprint density at radius 1 is 1.14 bits per heavy atom. The minimum absolute atomic E-state index is 0.779. The zero-order valence-corrected chi connectivity index (χ0v) is 12.5. The number of allylic oxidation sites excluding steroid dienone is 2. The van der Waals surface area contributed by atoms with E-state index < -0.39 is 0 Å². The van der Waals surface area contributed by atoms with Crippen LogP contribution in [0, 0.1) is 0 Å². The maximum Gasteiger partial charge on any atom is 0.0676 e. The van der Waals surface area contributed by atoms with Crippen LogP contribution in [0.25, 0.3) is 5.57 Å². The van der Waals surface area contributed by atoms with Gasteiger partial charge >= 0.3 is 0 Å². The van der Waals surface area contributed by atoms with Crippen LogP contribution in [-0.2, 0) is 0 Å². The predicted octanol–water partition coefficient (Wildman–Crippen LogP) is 3.93. The van der Waals surface area contributed by atoms with Crippen molar-refractivity contribution in [3.05, 3.63) is 72.8 Å². The van der Waals surface area contributed by atoms with E-state index in [4.69, 9.17) is 0 Å². The quantitative estimate of drug-likeness (QED) is 0.877. The number of pyridine rings is 1. The molecule has 2 N–H and O–H groups in total. The van der Waals surface area contributed by atoms with Gasteiger partial charge in [0.1, 0.15) is 0 Å². The molecule has 0 atom stereocenters. The summed E-state index contributed by atoms with van der Waals surface area (Å²) in [5.74, 6) is 0. The first-order valence-corrected chi connectivity index (χ1v) is 7.16. The second kappa shape index (κ2) is 6.26. The van der Waals surface area contributed by atoms with E-state index in [2.05, 4.69) is 27.2 Å². The second-order valence-corrected chi connectivity index (χ2v) is 5.08. The van der Waals surface area contributed by atoms with Gasteiger partial charge in [-0.25, -0.2) is 0 Å². The van der Waals surface area contributed by atoms with Crippen molar-refractivity contribution in [2.24, 2.45) is 4.99 Å². The van der Waals surface area contributed by atoms with Gasteiger partial charge in [0.25, 0.3) is 0 Å². The van der Waals surface area contributed by atoms with Crippen molar-refractivity contribution in [2.45, 2.75) is 6.42 Å². The molecular formula is C18H18N4. The average molecular weight is 290 g/mol. The molecule has 4 nitrogen and oxygen atoms in total. The zero-order valence-electron chi connectivity index (χ0n) is 12.5. The third-order valence-electron chi connectivity index (χ3n) is 3.58. The maximum absolute atomic E-state index is 4.49. The summed E-state index contributed by atoms with van der Waals surface area (Å²) in [7, 11) is 1.90. The number of hydrogen-bond donors (Lipinski definition) is 2. The molecule has 0 fully saturated rings. The molecule has 0 spiro atoms. The smallest absolute Gasteiger partial charge is 0.0676 e. The number of rotatable bonds is 5. The molecule has 0 unspecified atom stereocenters. The van der Waals surface area contributed by atoms with E-state index >= 15 is 0 Å². The number of benzene rings is 1. The fourth-order valence-electron chi connectivity index (χ4n) is 2.35. The summed E-state index contributed by atoms with van der Waals surface area (Å²) < 4.78 is 0. The van der Waals surface area contributed by atoms with Crippen molar-refractivity contribution >= 4 is 22.7 Å². The Bertz CT molecular complexity index is 745. The fraction of sp³-hybridized carbons (Fsp3) is 0.111. The van der Waals surface area contributed by atoms with Crippen LogP contribution >= 0.6 is 0 Å². The highest BCUT2D eigenvalue weighted by molar-refractivity contribution is 6.10. The number of anilines is 2. The molecule has 0 saturated heterocycles. The number of hydrogen-bond acceptors (Lipinski definition) is 4. The average Bonchev–Trinajstić information content (AvgIpc) is 3.06. The van der Waals surface area contributed by atoms with E-state index in [1.165, 1.54) is 5.57 Å². The van der Waals surface area contributed by atoms with Gasteiger partial charge in [-0.05, 0) is 41.5 Å². The fourth-order valence-corrected chi connectivity index (χ4v) is 2.35. The van der Waals surface area contributed by atoms with Gasteiger partial charge < -0.3 is 10.6 Å². The lowest BCUT2D eigenvalue weighted by Gasteiger charge is -2.11.